The van der Waals surface area contributed by atoms with Crippen molar-refractivity contribution < 1.29 is 36.7 Å². The van der Waals surface area contributed by atoms with Crippen molar-refractivity contribution in [2.24, 2.45) is 23.5 Å². The van der Waals surface area contributed by atoms with Crippen LogP contribution in [0.5, 0.6) is 0 Å². The monoisotopic (exact) mass is 718 g/mol. The third-order valence-corrected chi connectivity index (χ3v) is 11.2. The molecule has 4 atom stereocenters. The lowest BCUT2D eigenvalue weighted by Crippen LogP contribution is -2.53. The van der Waals surface area contributed by atoms with Crippen LogP contribution in [0, 0.1) is 23.6 Å². The molecule has 2 heterocycles. The molecule has 2 aliphatic carbocycles. The van der Waals surface area contributed by atoms with Crippen molar-refractivity contribution >= 4 is 29.3 Å². The predicted octanol–water partition coefficient (Wildman–Crippen LogP) is 6.63. The van der Waals surface area contributed by atoms with E-state index in [1.54, 1.807) is 10.7 Å². The van der Waals surface area contributed by atoms with Crippen LogP contribution in [-0.4, -0.2) is 62.6 Å². The van der Waals surface area contributed by atoms with Gasteiger partial charge in [0.15, 0.2) is 0 Å². The number of primary amides is 1. The number of alkyl halides is 3. The smallest absolute Gasteiger partial charge is 0.368 e. The first-order valence-corrected chi connectivity index (χ1v) is 18.3. The molecule has 14 heteroatoms. The van der Waals surface area contributed by atoms with Crippen LogP contribution in [0.3, 0.4) is 0 Å². The van der Waals surface area contributed by atoms with Crippen LogP contribution in [0.25, 0.3) is 0 Å². The average Bonchev–Trinajstić information content (AvgIpc) is 3.78. The molecule has 0 bridgehead atoms. The number of carbonyl (C=O) groups is 4. The molecule has 2 saturated carbocycles. The average molecular weight is 719 g/mol. The molecule has 4 N–H and O–H groups in total. The highest BCUT2D eigenvalue weighted by atomic mass is 19.4. The van der Waals surface area contributed by atoms with Gasteiger partial charge in [0.1, 0.15) is 29.6 Å². The molecule has 1 aliphatic heterocycles. The molecule has 1 aromatic carbocycles. The molecule has 1 aromatic heterocycles. The van der Waals surface area contributed by atoms with Gasteiger partial charge in [-0.3, -0.25) is 23.9 Å². The van der Waals surface area contributed by atoms with Crippen LogP contribution in [0.4, 0.5) is 23.2 Å². The fourth-order valence-electron chi connectivity index (χ4n) is 8.62. The molecule has 51 heavy (non-hydrogen) atoms. The van der Waals surface area contributed by atoms with Crippen molar-refractivity contribution in [3.8, 4) is 0 Å². The number of carbonyl (C=O) groups excluding carboxylic acids is 4. The molecule has 4 amide bonds. The van der Waals surface area contributed by atoms with Gasteiger partial charge in [0.05, 0.1) is 11.6 Å². The Kier molecular flexibility index (Phi) is 12.1. The molecule has 10 nitrogen and oxygen atoms in total. The van der Waals surface area contributed by atoms with E-state index >= 15 is 4.39 Å². The number of likely N-dealkylation sites (tertiary alicyclic amines) is 1. The molecule has 0 spiro atoms. The highest BCUT2D eigenvalue weighted by molar-refractivity contribution is 6.01. The highest BCUT2D eigenvalue weighted by Crippen LogP contribution is 2.43. The lowest BCUT2D eigenvalue weighted by atomic mass is 9.66. The molecule has 5 rings (SSSR count). The Labute approximate surface area is 296 Å². The standard InChI is InChI=1S/C37H50F4N6O4/c1-21(2)47-29(18-19-43-47)34(49)45-32(31(23-10-6-4-7-11-23)24-12-8-5-9-13-24)35(50)44-27-15-14-25(20-26(27)38)22(3)36(51)46-28(33(42)48)16-17-30(46)37(39,40)41/h14-15,18-24,28,30-32H,4-13,16-17H2,1-3H3,(H2,42,48)(H,44,50)(H,45,49)/t22-,28?,30?,32-/m0/s1. The number of halogens is 4. The van der Waals surface area contributed by atoms with Crippen LogP contribution in [0.2, 0.25) is 0 Å². The molecule has 280 valence electrons. The van der Waals surface area contributed by atoms with Crippen LogP contribution < -0.4 is 16.4 Å². The summed E-state index contributed by atoms with van der Waals surface area (Å²) in [5.74, 6) is -4.97. The third kappa shape index (κ3) is 8.57. The Bertz CT molecular complexity index is 1550. The van der Waals surface area contributed by atoms with Gasteiger partial charge in [0.2, 0.25) is 17.7 Å². The van der Waals surface area contributed by atoms with Crippen LogP contribution in [0.15, 0.2) is 30.5 Å². The number of nitrogens with one attached hydrogen (secondary N) is 2. The van der Waals surface area contributed by atoms with E-state index < -0.39 is 66.1 Å². The molecular formula is C37H50F4N6O4. The van der Waals surface area contributed by atoms with Gasteiger partial charge >= 0.3 is 6.18 Å². The van der Waals surface area contributed by atoms with Gasteiger partial charge in [-0.2, -0.15) is 18.3 Å². The largest absolute Gasteiger partial charge is 0.408 e. The van der Waals surface area contributed by atoms with E-state index in [-0.39, 0.29) is 41.5 Å². The van der Waals surface area contributed by atoms with Crippen molar-refractivity contribution in [3.05, 3.63) is 47.5 Å². The lowest BCUT2D eigenvalue weighted by Gasteiger charge is -2.42. The Balaban J connectivity index is 1.42. The zero-order valence-corrected chi connectivity index (χ0v) is 29.6. The van der Waals surface area contributed by atoms with E-state index in [9.17, 15) is 32.3 Å². The van der Waals surface area contributed by atoms with Crippen LogP contribution >= 0.6 is 0 Å². The quantitative estimate of drug-likeness (QED) is 0.224. The number of hydrogen-bond donors (Lipinski definition) is 3. The number of nitrogens with zero attached hydrogens (tertiary/aromatic N) is 3. The van der Waals surface area contributed by atoms with Crippen LogP contribution in [-0.2, 0) is 14.4 Å². The van der Waals surface area contributed by atoms with E-state index in [4.69, 9.17) is 5.73 Å². The van der Waals surface area contributed by atoms with Crippen molar-refractivity contribution in [3.63, 3.8) is 0 Å². The number of aromatic nitrogens is 2. The molecule has 2 unspecified atom stereocenters. The number of anilines is 1. The summed E-state index contributed by atoms with van der Waals surface area (Å²) >= 11 is 0. The lowest BCUT2D eigenvalue weighted by molar-refractivity contribution is -0.186. The fourth-order valence-corrected chi connectivity index (χ4v) is 8.62. The summed E-state index contributed by atoms with van der Waals surface area (Å²) in [5.41, 5.74) is 5.54. The van der Waals surface area contributed by atoms with Gasteiger partial charge in [-0.05, 0) is 75.1 Å². The van der Waals surface area contributed by atoms with Crippen molar-refractivity contribution in [1.29, 1.82) is 0 Å². The summed E-state index contributed by atoms with van der Waals surface area (Å²) in [5, 5.41) is 10.0. The van der Waals surface area contributed by atoms with Gasteiger partial charge in [0, 0.05) is 12.2 Å². The van der Waals surface area contributed by atoms with Crippen LogP contribution in [0.1, 0.15) is 126 Å². The maximum atomic E-state index is 15.8. The summed E-state index contributed by atoms with van der Waals surface area (Å²) in [4.78, 5) is 54.0. The topological polar surface area (TPSA) is 139 Å². The maximum Gasteiger partial charge on any atom is 0.408 e. The Morgan fingerprint density at radius 3 is 2.02 bits per heavy atom. The number of amides is 4. The third-order valence-electron chi connectivity index (χ3n) is 11.2. The summed E-state index contributed by atoms with van der Waals surface area (Å²) in [6.07, 6.45) is 6.16. The Morgan fingerprint density at radius 1 is 0.882 bits per heavy atom. The van der Waals surface area contributed by atoms with E-state index in [1.165, 1.54) is 25.3 Å². The second-order valence-electron chi connectivity index (χ2n) is 14.8. The first-order valence-electron chi connectivity index (χ1n) is 18.3. The van der Waals surface area contributed by atoms with Gasteiger partial charge in [0.25, 0.3) is 5.91 Å². The van der Waals surface area contributed by atoms with Gasteiger partial charge in [-0.1, -0.05) is 70.3 Å². The fraction of sp³-hybridized carbons (Fsp3) is 0.649. The number of hydrogen-bond acceptors (Lipinski definition) is 5. The van der Waals surface area contributed by atoms with Gasteiger partial charge in [-0.25, -0.2) is 4.39 Å². The minimum atomic E-state index is -4.77. The van der Waals surface area contributed by atoms with Crippen molar-refractivity contribution in [2.45, 2.75) is 134 Å². The Hall–Kier alpha value is -3.97. The Morgan fingerprint density at radius 2 is 1.49 bits per heavy atom. The summed E-state index contributed by atoms with van der Waals surface area (Å²) < 4.78 is 58.8. The first-order chi connectivity index (χ1) is 24.2. The van der Waals surface area contributed by atoms with E-state index in [2.05, 4.69) is 15.7 Å². The molecule has 3 aliphatic rings. The predicted molar refractivity (Wildman–Crippen MR) is 183 cm³/mol. The molecule has 2 aromatic rings. The minimum Gasteiger partial charge on any atom is -0.368 e. The van der Waals surface area contributed by atoms with E-state index in [0.717, 1.165) is 70.3 Å². The molecule has 1 saturated heterocycles. The normalized spacial score (nSPS) is 21.9. The number of rotatable bonds is 11. The molecular weight excluding hydrogens is 668 g/mol. The summed E-state index contributed by atoms with van der Waals surface area (Å²) in [6, 6.07) is 0.563. The van der Waals surface area contributed by atoms with Gasteiger partial charge < -0.3 is 21.3 Å². The van der Waals surface area contributed by atoms with E-state index in [0.29, 0.717) is 10.6 Å². The summed E-state index contributed by atoms with van der Waals surface area (Å²) in [7, 11) is 0. The van der Waals surface area contributed by atoms with E-state index in [1.807, 2.05) is 13.8 Å². The minimum absolute atomic E-state index is 0.0700. The molecule has 0 radical (unpaired) electrons. The number of benzene rings is 1. The zero-order valence-electron chi connectivity index (χ0n) is 29.6. The SMILES string of the molecule is CC(C)n1nccc1C(=O)N[C@H](C(=O)Nc1ccc([C@H](C)C(=O)N2C(C(N)=O)CCC2C(F)(F)F)cc1F)C(C1CCCCC1)C1CCCCC1. The number of nitrogens with two attached hydrogens (primary N) is 1. The van der Waals surface area contributed by atoms with Crippen molar-refractivity contribution in [2.75, 3.05) is 5.32 Å². The zero-order chi connectivity index (χ0) is 37.0. The second kappa shape index (κ2) is 16.1. The molecule has 3 fully saturated rings. The van der Waals surface area contributed by atoms with Crippen molar-refractivity contribution in [1.82, 2.24) is 20.0 Å². The first kappa shape index (κ1) is 38.3. The highest BCUT2D eigenvalue weighted by Gasteiger charge is 2.53. The summed E-state index contributed by atoms with van der Waals surface area (Å²) in [6.45, 7) is 5.14. The maximum absolute atomic E-state index is 15.8. The second-order valence-corrected chi connectivity index (χ2v) is 14.8. The van der Waals surface area contributed by atoms with Gasteiger partial charge in [-0.15, -0.1) is 0 Å².